The van der Waals surface area contributed by atoms with E-state index in [0.717, 1.165) is 18.3 Å². The van der Waals surface area contributed by atoms with Crippen molar-refractivity contribution in [2.24, 2.45) is 11.8 Å². The van der Waals surface area contributed by atoms with Gasteiger partial charge in [-0.3, -0.25) is 0 Å². The number of hydrogen-bond donors (Lipinski definition) is 0. The third-order valence-corrected chi connectivity index (χ3v) is 3.64. The van der Waals surface area contributed by atoms with Crippen LogP contribution >= 0.6 is 9.24 Å². The maximum atomic E-state index is 5.94. The molecule has 15 heavy (non-hydrogen) atoms. The zero-order chi connectivity index (χ0) is 10.8. The van der Waals surface area contributed by atoms with Crippen molar-refractivity contribution in [3.8, 4) is 0 Å². The molecule has 0 spiro atoms. The van der Waals surface area contributed by atoms with Crippen LogP contribution < -0.4 is 0 Å². The summed E-state index contributed by atoms with van der Waals surface area (Å²) in [5, 5.41) is 1.38. The zero-order valence-electron chi connectivity index (χ0n) is 9.75. The van der Waals surface area contributed by atoms with E-state index in [0.29, 0.717) is 5.92 Å². The summed E-state index contributed by atoms with van der Waals surface area (Å²) in [7, 11) is 2.81. The van der Waals surface area contributed by atoms with Gasteiger partial charge in [-0.15, -0.1) is 9.24 Å². The van der Waals surface area contributed by atoms with Crippen molar-refractivity contribution >= 4 is 9.24 Å². The lowest BCUT2D eigenvalue weighted by molar-refractivity contribution is 0.203. The summed E-state index contributed by atoms with van der Waals surface area (Å²) in [6.07, 6.45) is 7.29. The van der Waals surface area contributed by atoms with E-state index in [4.69, 9.17) is 4.74 Å². The molecule has 0 aromatic carbocycles. The topological polar surface area (TPSA) is 9.23 Å². The number of allylic oxidation sites excluding steroid dienone is 3. The summed E-state index contributed by atoms with van der Waals surface area (Å²) in [5.74, 6) is 2.62. The molecule has 84 valence electrons. The van der Waals surface area contributed by atoms with Crippen LogP contribution in [0, 0.1) is 11.8 Å². The molecule has 1 fully saturated rings. The molecule has 0 aromatic rings. The second-order valence-corrected chi connectivity index (χ2v) is 5.76. The quantitative estimate of drug-likeness (QED) is 0.658. The summed E-state index contributed by atoms with van der Waals surface area (Å²) in [5.41, 5.74) is 1.50. The SMILES string of the molecule is CC(C)C1=C(OCC2CC2)C=C(P)CC1. The van der Waals surface area contributed by atoms with Crippen molar-refractivity contribution in [2.45, 2.75) is 39.5 Å². The van der Waals surface area contributed by atoms with E-state index >= 15 is 0 Å². The van der Waals surface area contributed by atoms with E-state index in [1.165, 1.54) is 36.6 Å². The third-order valence-electron chi connectivity index (χ3n) is 3.18. The first-order valence-electron chi connectivity index (χ1n) is 5.98. The lowest BCUT2D eigenvalue weighted by Crippen LogP contribution is -2.07. The molecular weight excluding hydrogens is 203 g/mol. The van der Waals surface area contributed by atoms with Gasteiger partial charge in [-0.2, -0.15) is 0 Å². The third kappa shape index (κ3) is 3.08. The van der Waals surface area contributed by atoms with Crippen molar-refractivity contribution in [2.75, 3.05) is 6.61 Å². The number of hydrogen-bond acceptors (Lipinski definition) is 1. The van der Waals surface area contributed by atoms with Gasteiger partial charge in [0.05, 0.1) is 6.61 Å². The number of ether oxygens (including phenoxy) is 1. The van der Waals surface area contributed by atoms with Crippen LogP contribution in [0.2, 0.25) is 0 Å². The van der Waals surface area contributed by atoms with Gasteiger partial charge >= 0.3 is 0 Å². The highest BCUT2D eigenvalue weighted by Gasteiger charge is 2.23. The minimum absolute atomic E-state index is 0.619. The molecule has 2 aliphatic rings. The van der Waals surface area contributed by atoms with Crippen molar-refractivity contribution in [3.63, 3.8) is 0 Å². The van der Waals surface area contributed by atoms with Crippen LogP contribution in [-0.2, 0) is 4.74 Å². The molecule has 0 radical (unpaired) electrons. The molecule has 0 amide bonds. The molecule has 2 rings (SSSR count). The molecule has 1 nitrogen and oxygen atoms in total. The van der Waals surface area contributed by atoms with Gasteiger partial charge in [0, 0.05) is 0 Å². The average Bonchev–Trinajstić information content (AvgIpc) is 2.97. The molecule has 0 aliphatic heterocycles. The van der Waals surface area contributed by atoms with Gasteiger partial charge in [0.15, 0.2) is 0 Å². The van der Waals surface area contributed by atoms with E-state index in [-0.39, 0.29) is 0 Å². The molecule has 0 N–H and O–H groups in total. The Labute approximate surface area is 95.2 Å². The summed E-state index contributed by atoms with van der Waals surface area (Å²) in [6.45, 7) is 5.45. The predicted molar refractivity (Wildman–Crippen MR) is 67.6 cm³/mol. The van der Waals surface area contributed by atoms with E-state index in [2.05, 4.69) is 29.2 Å². The fourth-order valence-electron chi connectivity index (χ4n) is 1.94. The Morgan fingerprint density at radius 3 is 2.73 bits per heavy atom. The van der Waals surface area contributed by atoms with Gasteiger partial charge in [-0.05, 0) is 54.5 Å². The molecule has 1 unspecified atom stereocenters. The molecule has 0 heterocycles. The predicted octanol–water partition coefficient (Wildman–Crippen LogP) is 3.88. The van der Waals surface area contributed by atoms with Crippen molar-refractivity contribution in [3.05, 3.63) is 22.7 Å². The summed E-state index contributed by atoms with van der Waals surface area (Å²) < 4.78 is 5.94. The number of rotatable bonds is 4. The highest BCUT2D eigenvalue weighted by atomic mass is 31.0. The van der Waals surface area contributed by atoms with Gasteiger partial charge in [0.1, 0.15) is 5.76 Å². The molecule has 0 bridgehead atoms. The normalized spacial score (nSPS) is 22.0. The van der Waals surface area contributed by atoms with Crippen molar-refractivity contribution in [1.29, 1.82) is 0 Å². The minimum Gasteiger partial charge on any atom is -0.493 e. The van der Waals surface area contributed by atoms with Gasteiger partial charge in [0.25, 0.3) is 0 Å². The molecular formula is C13H21OP. The molecule has 1 saturated carbocycles. The Balaban J connectivity index is 2.05. The largest absolute Gasteiger partial charge is 0.493 e. The molecule has 1 atom stereocenters. The molecule has 0 saturated heterocycles. The second kappa shape index (κ2) is 4.70. The summed E-state index contributed by atoms with van der Waals surface area (Å²) >= 11 is 0. The standard InChI is InChI=1S/C13H21OP/c1-9(2)12-6-5-11(15)7-13(12)14-8-10-3-4-10/h7,9-10H,3-6,8,15H2,1-2H3. The van der Waals surface area contributed by atoms with E-state index in [1.54, 1.807) is 0 Å². The maximum absolute atomic E-state index is 5.94. The fraction of sp³-hybridized carbons (Fsp3) is 0.692. The lowest BCUT2D eigenvalue weighted by atomic mass is 9.93. The fourth-order valence-corrected chi connectivity index (χ4v) is 2.23. The van der Waals surface area contributed by atoms with E-state index < -0.39 is 0 Å². The van der Waals surface area contributed by atoms with Crippen LogP contribution in [0.25, 0.3) is 0 Å². The first kappa shape index (κ1) is 11.2. The smallest absolute Gasteiger partial charge is 0.119 e. The van der Waals surface area contributed by atoms with E-state index in [9.17, 15) is 0 Å². The minimum atomic E-state index is 0.619. The Morgan fingerprint density at radius 2 is 2.13 bits per heavy atom. The van der Waals surface area contributed by atoms with Crippen LogP contribution in [-0.4, -0.2) is 6.61 Å². The Bertz CT molecular complexity index is 298. The van der Waals surface area contributed by atoms with Crippen LogP contribution in [0.1, 0.15) is 39.5 Å². The first-order chi connectivity index (χ1) is 7.16. The Kier molecular flexibility index (Phi) is 3.51. The first-order valence-corrected chi connectivity index (χ1v) is 6.56. The van der Waals surface area contributed by atoms with Crippen molar-refractivity contribution < 1.29 is 4.74 Å². The molecule has 2 heteroatoms. The Morgan fingerprint density at radius 1 is 1.40 bits per heavy atom. The lowest BCUT2D eigenvalue weighted by Gasteiger charge is -2.21. The summed E-state index contributed by atoms with van der Waals surface area (Å²) in [4.78, 5) is 0. The highest BCUT2D eigenvalue weighted by Crippen LogP contribution is 2.35. The van der Waals surface area contributed by atoms with Crippen LogP contribution in [0.4, 0.5) is 0 Å². The van der Waals surface area contributed by atoms with Crippen LogP contribution in [0.5, 0.6) is 0 Å². The van der Waals surface area contributed by atoms with Gasteiger partial charge in [-0.1, -0.05) is 13.8 Å². The second-order valence-electron chi connectivity index (χ2n) is 5.02. The monoisotopic (exact) mass is 224 g/mol. The van der Waals surface area contributed by atoms with Crippen molar-refractivity contribution in [1.82, 2.24) is 0 Å². The maximum Gasteiger partial charge on any atom is 0.119 e. The Hall–Kier alpha value is -0.290. The van der Waals surface area contributed by atoms with Gasteiger partial charge in [0.2, 0.25) is 0 Å². The van der Waals surface area contributed by atoms with Crippen LogP contribution in [0.3, 0.4) is 0 Å². The average molecular weight is 224 g/mol. The summed E-state index contributed by atoms with van der Waals surface area (Å²) in [6, 6.07) is 0. The zero-order valence-corrected chi connectivity index (χ0v) is 10.9. The van der Waals surface area contributed by atoms with Gasteiger partial charge in [-0.25, -0.2) is 0 Å². The molecule has 0 aromatic heterocycles. The molecule has 2 aliphatic carbocycles. The highest BCUT2D eigenvalue weighted by molar-refractivity contribution is 7.22. The van der Waals surface area contributed by atoms with Gasteiger partial charge < -0.3 is 4.74 Å². The van der Waals surface area contributed by atoms with E-state index in [1.807, 2.05) is 0 Å². The van der Waals surface area contributed by atoms with Crippen LogP contribution in [0.15, 0.2) is 22.7 Å².